The van der Waals surface area contributed by atoms with Crippen LogP contribution in [-0.2, 0) is 0 Å². The third kappa shape index (κ3) is 4.79. The van der Waals surface area contributed by atoms with Crippen molar-refractivity contribution in [2.75, 3.05) is 10.6 Å². The van der Waals surface area contributed by atoms with Gasteiger partial charge < -0.3 is 10.6 Å². The third-order valence-electron chi connectivity index (χ3n) is 3.42. The van der Waals surface area contributed by atoms with Gasteiger partial charge in [-0.2, -0.15) is 4.98 Å². The maximum absolute atomic E-state index is 4.68. The summed E-state index contributed by atoms with van der Waals surface area (Å²) in [5.41, 5.74) is 2.76. The fraction of sp³-hybridized carbons (Fsp3) is 0.200. The average molecular weight is 397 g/mol. The molecule has 0 spiro atoms. The van der Waals surface area contributed by atoms with Crippen LogP contribution in [0.2, 0.25) is 0 Å². The van der Waals surface area contributed by atoms with E-state index in [9.17, 15) is 0 Å². The molecule has 0 bridgehead atoms. The van der Waals surface area contributed by atoms with E-state index in [1.54, 1.807) is 0 Å². The summed E-state index contributed by atoms with van der Waals surface area (Å²) < 4.78 is 0.986. The van der Waals surface area contributed by atoms with E-state index in [0.29, 0.717) is 5.95 Å². The molecule has 1 heterocycles. The first-order chi connectivity index (χ1) is 11.9. The average Bonchev–Trinajstić information content (AvgIpc) is 2.56. The lowest BCUT2D eigenvalue weighted by atomic mass is 10.1. The van der Waals surface area contributed by atoms with E-state index in [0.717, 1.165) is 27.2 Å². The number of benzene rings is 2. The Bertz CT molecular complexity index is 857. The number of para-hydroxylation sites is 1. The third-order valence-corrected chi connectivity index (χ3v) is 4.11. The molecular formula is C20H21BrN4. The van der Waals surface area contributed by atoms with Crippen LogP contribution >= 0.6 is 15.9 Å². The molecule has 3 aromatic rings. The molecule has 5 heteroatoms. The molecular weight excluding hydrogens is 376 g/mol. The van der Waals surface area contributed by atoms with Gasteiger partial charge in [0.15, 0.2) is 0 Å². The summed E-state index contributed by atoms with van der Waals surface area (Å²) in [7, 11) is 0. The van der Waals surface area contributed by atoms with Crippen molar-refractivity contribution >= 4 is 33.4 Å². The number of anilines is 3. The Morgan fingerprint density at radius 1 is 0.880 bits per heavy atom. The van der Waals surface area contributed by atoms with Crippen LogP contribution in [0.25, 0.3) is 11.3 Å². The summed E-state index contributed by atoms with van der Waals surface area (Å²) in [4.78, 5) is 9.31. The van der Waals surface area contributed by atoms with Crippen molar-refractivity contribution in [3.63, 3.8) is 0 Å². The Kier molecular flexibility index (Phi) is 5.04. The Morgan fingerprint density at radius 2 is 1.56 bits per heavy atom. The minimum Gasteiger partial charge on any atom is -0.350 e. The highest BCUT2D eigenvalue weighted by molar-refractivity contribution is 9.10. The first kappa shape index (κ1) is 17.4. The van der Waals surface area contributed by atoms with Crippen LogP contribution in [-0.4, -0.2) is 15.5 Å². The van der Waals surface area contributed by atoms with Crippen molar-refractivity contribution < 1.29 is 0 Å². The van der Waals surface area contributed by atoms with Gasteiger partial charge in [0.05, 0.1) is 11.4 Å². The number of halogens is 1. The maximum atomic E-state index is 4.68. The van der Waals surface area contributed by atoms with Crippen molar-refractivity contribution in [2.45, 2.75) is 26.3 Å². The van der Waals surface area contributed by atoms with Crippen LogP contribution < -0.4 is 10.6 Å². The van der Waals surface area contributed by atoms with Crippen LogP contribution in [0.1, 0.15) is 20.8 Å². The van der Waals surface area contributed by atoms with Crippen molar-refractivity contribution in [3.05, 3.63) is 65.1 Å². The number of hydrogen-bond acceptors (Lipinski definition) is 4. The van der Waals surface area contributed by atoms with E-state index >= 15 is 0 Å². The maximum Gasteiger partial charge on any atom is 0.225 e. The molecule has 25 heavy (non-hydrogen) atoms. The predicted octanol–water partition coefficient (Wildman–Crippen LogP) is 5.86. The number of hydrogen-bond donors (Lipinski definition) is 2. The Balaban J connectivity index is 2.02. The summed E-state index contributed by atoms with van der Waals surface area (Å²) in [5, 5.41) is 6.73. The highest BCUT2D eigenvalue weighted by Crippen LogP contribution is 2.28. The molecule has 0 atom stereocenters. The molecule has 0 saturated heterocycles. The van der Waals surface area contributed by atoms with Gasteiger partial charge in [-0.25, -0.2) is 4.98 Å². The first-order valence-electron chi connectivity index (χ1n) is 8.15. The van der Waals surface area contributed by atoms with Crippen LogP contribution in [0.4, 0.5) is 17.5 Å². The molecule has 3 rings (SSSR count). The van der Waals surface area contributed by atoms with Crippen LogP contribution in [0, 0.1) is 0 Å². The van der Waals surface area contributed by atoms with Gasteiger partial charge in [-0.3, -0.25) is 0 Å². The number of rotatable bonds is 4. The van der Waals surface area contributed by atoms with Crippen LogP contribution in [0.5, 0.6) is 0 Å². The van der Waals surface area contributed by atoms with E-state index < -0.39 is 0 Å². The Morgan fingerprint density at radius 3 is 2.24 bits per heavy atom. The second kappa shape index (κ2) is 7.23. The first-order valence-corrected chi connectivity index (χ1v) is 8.94. The molecule has 0 radical (unpaired) electrons. The molecule has 4 nitrogen and oxygen atoms in total. The molecule has 0 aliphatic heterocycles. The molecule has 0 saturated carbocycles. The second-order valence-corrected chi connectivity index (χ2v) is 7.66. The minimum absolute atomic E-state index is 0.125. The smallest absolute Gasteiger partial charge is 0.225 e. The Labute approximate surface area is 156 Å². The summed E-state index contributed by atoms with van der Waals surface area (Å²) in [6.45, 7) is 6.27. The van der Waals surface area contributed by atoms with Gasteiger partial charge in [-0.1, -0.05) is 42.5 Å². The second-order valence-electron chi connectivity index (χ2n) is 6.81. The fourth-order valence-corrected chi connectivity index (χ4v) is 2.74. The lowest BCUT2D eigenvalue weighted by molar-refractivity contribution is 0.626. The van der Waals surface area contributed by atoms with Gasteiger partial charge in [-0.05, 0) is 48.8 Å². The standard InChI is InChI=1S/C20H21BrN4/c1-20(2,3)25-19-23-17(14-9-5-4-6-10-14)13-18(24-19)22-16-12-8-7-11-15(16)21/h4-13H,1-3H3,(H2,22,23,24,25). The summed E-state index contributed by atoms with van der Waals surface area (Å²) >= 11 is 3.56. The van der Waals surface area contributed by atoms with E-state index in [1.807, 2.05) is 60.7 Å². The largest absolute Gasteiger partial charge is 0.350 e. The molecule has 0 aliphatic rings. The topological polar surface area (TPSA) is 49.8 Å². The van der Waals surface area contributed by atoms with E-state index in [2.05, 4.69) is 57.3 Å². The van der Waals surface area contributed by atoms with E-state index in [1.165, 1.54) is 0 Å². The van der Waals surface area contributed by atoms with Gasteiger partial charge in [0.2, 0.25) is 5.95 Å². The Hall–Kier alpha value is -2.40. The molecule has 0 amide bonds. The molecule has 0 unspecified atom stereocenters. The van der Waals surface area contributed by atoms with Gasteiger partial charge in [-0.15, -0.1) is 0 Å². The highest BCUT2D eigenvalue weighted by Gasteiger charge is 2.14. The number of nitrogens with one attached hydrogen (secondary N) is 2. The molecule has 0 fully saturated rings. The van der Waals surface area contributed by atoms with Crippen molar-refractivity contribution in [1.29, 1.82) is 0 Å². The minimum atomic E-state index is -0.125. The van der Waals surface area contributed by atoms with Crippen molar-refractivity contribution in [1.82, 2.24) is 9.97 Å². The fourth-order valence-electron chi connectivity index (χ4n) is 2.36. The normalized spacial score (nSPS) is 11.2. The summed E-state index contributed by atoms with van der Waals surface area (Å²) in [5.74, 6) is 1.34. The quantitative estimate of drug-likeness (QED) is 0.579. The predicted molar refractivity (Wildman–Crippen MR) is 108 cm³/mol. The summed E-state index contributed by atoms with van der Waals surface area (Å²) in [6.07, 6.45) is 0. The van der Waals surface area contributed by atoms with Crippen molar-refractivity contribution in [3.8, 4) is 11.3 Å². The van der Waals surface area contributed by atoms with E-state index in [4.69, 9.17) is 0 Å². The lowest BCUT2D eigenvalue weighted by Gasteiger charge is -2.21. The molecule has 2 N–H and O–H groups in total. The molecule has 2 aromatic carbocycles. The van der Waals surface area contributed by atoms with Crippen molar-refractivity contribution in [2.24, 2.45) is 0 Å². The monoisotopic (exact) mass is 396 g/mol. The zero-order valence-corrected chi connectivity index (χ0v) is 16.1. The lowest BCUT2D eigenvalue weighted by Crippen LogP contribution is -2.27. The SMILES string of the molecule is CC(C)(C)Nc1nc(Nc2ccccc2Br)cc(-c2ccccc2)n1. The van der Waals surface area contributed by atoms with Gasteiger partial charge in [0.1, 0.15) is 5.82 Å². The number of aromatic nitrogens is 2. The zero-order chi connectivity index (χ0) is 17.9. The molecule has 128 valence electrons. The zero-order valence-electron chi connectivity index (χ0n) is 14.5. The summed E-state index contributed by atoms with van der Waals surface area (Å²) in [6, 6.07) is 20.0. The number of nitrogens with zero attached hydrogens (tertiary/aromatic N) is 2. The van der Waals surface area contributed by atoms with E-state index in [-0.39, 0.29) is 5.54 Å². The molecule has 1 aromatic heterocycles. The van der Waals surface area contributed by atoms with Crippen LogP contribution in [0.3, 0.4) is 0 Å². The molecule has 0 aliphatic carbocycles. The highest BCUT2D eigenvalue weighted by atomic mass is 79.9. The van der Waals surface area contributed by atoms with Crippen LogP contribution in [0.15, 0.2) is 65.1 Å². The van der Waals surface area contributed by atoms with Gasteiger partial charge in [0.25, 0.3) is 0 Å². The van der Waals surface area contributed by atoms with Gasteiger partial charge in [0, 0.05) is 21.6 Å². The van der Waals surface area contributed by atoms with Gasteiger partial charge >= 0.3 is 0 Å².